The van der Waals surface area contributed by atoms with Crippen molar-refractivity contribution in [3.63, 3.8) is 0 Å². The lowest BCUT2D eigenvalue weighted by Gasteiger charge is -1.67. The lowest BCUT2D eigenvalue weighted by Crippen LogP contribution is -1.80. The van der Waals surface area contributed by atoms with E-state index in [9.17, 15) is 0 Å². The summed E-state index contributed by atoms with van der Waals surface area (Å²) < 4.78 is 4.73. The van der Waals surface area contributed by atoms with Crippen molar-refractivity contribution in [1.29, 1.82) is 0 Å². The van der Waals surface area contributed by atoms with Gasteiger partial charge in [-0.05, 0) is 6.92 Å². The summed E-state index contributed by atoms with van der Waals surface area (Å²) in [5.74, 6) is 0.667. The van der Waals surface area contributed by atoms with Gasteiger partial charge in [-0.2, -0.15) is 0 Å². The number of hydrogen-bond acceptors (Lipinski definition) is 2. The molecule has 3 heteroatoms. The van der Waals surface area contributed by atoms with Crippen LogP contribution in [0.15, 0.2) is 0 Å². The molecule has 0 spiro atoms. The fraction of sp³-hybridized carbons (Fsp3) is 1.00. The van der Waals surface area contributed by atoms with Crippen molar-refractivity contribution in [3.05, 3.63) is 0 Å². The molecule has 0 aromatic heterocycles. The van der Waals surface area contributed by atoms with Gasteiger partial charge in [-0.1, -0.05) is 0 Å². The first-order chi connectivity index (χ1) is 3.85. The summed E-state index contributed by atoms with van der Waals surface area (Å²) in [6.45, 7) is 2.81. The van der Waals surface area contributed by atoms with E-state index in [1.807, 2.05) is 0 Å². The van der Waals surface area contributed by atoms with Crippen LogP contribution in [0.3, 0.4) is 0 Å². The molecule has 1 unspecified atom stereocenters. The van der Waals surface area contributed by atoms with Crippen LogP contribution in [0.2, 0.25) is 0 Å². The third-order valence-corrected chi connectivity index (χ3v) is 0.919. The number of hydrogen-bond donors (Lipinski definition) is 1. The molecule has 1 aliphatic heterocycles. The van der Waals surface area contributed by atoms with Gasteiger partial charge in [-0.25, -0.2) is 0 Å². The van der Waals surface area contributed by atoms with Crippen molar-refractivity contribution in [3.8, 4) is 0 Å². The van der Waals surface area contributed by atoms with Gasteiger partial charge in [0.05, 0.1) is 18.6 Å². The molecule has 0 aromatic carbocycles. The molecule has 0 aliphatic carbocycles. The minimum absolute atomic E-state index is 0.250. The normalized spacial score (nSPS) is 23.6. The van der Waals surface area contributed by atoms with Crippen LogP contribution in [0.5, 0.6) is 0 Å². The van der Waals surface area contributed by atoms with Crippen molar-refractivity contribution in [2.24, 2.45) is 0 Å². The number of ether oxygens (including phenoxy) is 1. The zero-order valence-corrected chi connectivity index (χ0v) is 5.69. The molecule has 1 N–H and O–H groups in total. The Morgan fingerprint density at radius 3 is 2.25 bits per heavy atom. The largest absolute Gasteiger partial charge is 0.397 e. The maximum Gasteiger partial charge on any atom is 0.0944 e. The lowest BCUT2D eigenvalue weighted by atomic mass is 10.6. The first-order valence-electron chi connectivity index (χ1n) is 2.63. The summed E-state index contributed by atoms with van der Waals surface area (Å²) in [6, 6.07) is 0. The summed E-state index contributed by atoms with van der Waals surface area (Å²) in [4.78, 5) is 0. The van der Waals surface area contributed by atoms with Crippen LogP contribution < -0.4 is 0 Å². The van der Waals surface area contributed by atoms with E-state index >= 15 is 0 Å². The third kappa shape index (κ3) is 6.21. The van der Waals surface area contributed by atoms with Crippen molar-refractivity contribution in [2.75, 3.05) is 19.1 Å². The Kier molecular flexibility index (Phi) is 5.49. The van der Waals surface area contributed by atoms with Gasteiger partial charge in [0.25, 0.3) is 0 Å². The van der Waals surface area contributed by atoms with Gasteiger partial charge in [0.15, 0.2) is 0 Å². The molecule has 1 fully saturated rings. The molecular formula is C5H11ClO2. The number of halogens is 1. The number of aliphatic hydroxyl groups excluding tert-OH is 1. The Balaban J connectivity index is 0.000000145. The topological polar surface area (TPSA) is 32.8 Å². The quantitative estimate of drug-likeness (QED) is 0.426. The number of alkyl halides is 1. The molecule has 1 heterocycles. The van der Waals surface area contributed by atoms with Gasteiger partial charge in [0.1, 0.15) is 0 Å². The summed E-state index contributed by atoms with van der Waals surface area (Å²) in [6.07, 6.45) is 0.400. The maximum atomic E-state index is 7.57. The van der Waals surface area contributed by atoms with Crippen molar-refractivity contribution in [1.82, 2.24) is 0 Å². The highest BCUT2D eigenvalue weighted by atomic mass is 35.5. The lowest BCUT2D eigenvalue weighted by molar-refractivity contribution is 0.318. The summed E-state index contributed by atoms with van der Waals surface area (Å²) in [5.41, 5.74) is 0. The average molecular weight is 139 g/mol. The van der Waals surface area contributed by atoms with Gasteiger partial charge >= 0.3 is 0 Å². The van der Waals surface area contributed by atoms with Crippen LogP contribution in [-0.2, 0) is 4.74 Å². The van der Waals surface area contributed by atoms with Crippen LogP contribution in [0.4, 0.5) is 0 Å². The average Bonchev–Trinajstić information content (AvgIpc) is 2.48. The highest BCUT2D eigenvalue weighted by Crippen LogP contribution is 2.08. The molecule has 0 aromatic rings. The molecule has 1 atom stereocenters. The standard InChI is InChI=1S/C3H5ClO.C2H6O/c4-1-3-2-5-3;1-2-3/h3H,1-2H2;3H,2H2,1H3. The van der Waals surface area contributed by atoms with E-state index in [2.05, 4.69) is 0 Å². The van der Waals surface area contributed by atoms with Crippen LogP contribution >= 0.6 is 11.6 Å². The molecule has 0 amide bonds. The Labute approximate surface area is 54.4 Å². The van der Waals surface area contributed by atoms with Gasteiger partial charge in [-0.15, -0.1) is 11.6 Å². The molecule has 2 nitrogen and oxygen atoms in total. The fourth-order valence-corrected chi connectivity index (χ4v) is 0.335. The minimum Gasteiger partial charge on any atom is -0.397 e. The van der Waals surface area contributed by atoms with Gasteiger partial charge in [0.2, 0.25) is 0 Å². The predicted molar refractivity (Wildman–Crippen MR) is 33.2 cm³/mol. The number of epoxide rings is 1. The zero-order chi connectivity index (χ0) is 6.41. The Morgan fingerprint density at radius 2 is 2.25 bits per heavy atom. The van der Waals surface area contributed by atoms with Crippen LogP contribution in [0.25, 0.3) is 0 Å². The van der Waals surface area contributed by atoms with E-state index in [1.54, 1.807) is 6.92 Å². The van der Waals surface area contributed by atoms with Gasteiger partial charge in [0, 0.05) is 6.61 Å². The molecule has 1 rings (SSSR count). The highest BCUT2D eigenvalue weighted by Gasteiger charge is 2.19. The van der Waals surface area contributed by atoms with Crippen LogP contribution in [0.1, 0.15) is 6.92 Å². The van der Waals surface area contributed by atoms with Crippen molar-refractivity contribution in [2.45, 2.75) is 13.0 Å². The SMILES string of the molecule is CCO.ClCC1CO1. The molecule has 8 heavy (non-hydrogen) atoms. The monoisotopic (exact) mass is 138 g/mol. The number of rotatable bonds is 1. The van der Waals surface area contributed by atoms with Crippen LogP contribution in [0, 0.1) is 0 Å². The Bertz CT molecular complexity index is 45.7. The van der Waals surface area contributed by atoms with Crippen molar-refractivity contribution >= 4 is 11.6 Å². The second-order valence-corrected chi connectivity index (χ2v) is 1.73. The Hall–Kier alpha value is 0.210. The van der Waals surface area contributed by atoms with Crippen molar-refractivity contribution < 1.29 is 9.84 Å². The molecule has 1 aliphatic rings. The molecule has 1 saturated heterocycles. The van der Waals surface area contributed by atoms with E-state index < -0.39 is 0 Å². The zero-order valence-electron chi connectivity index (χ0n) is 4.93. The molecule has 0 saturated carbocycles. The predicted octanol–water partition coefficient (Wildman–Crippen LogP) is 0.623. The first kappa shape index (κ1) is 8.21. The summed E-state index contributed by atoms with van der Waals surface area (Å²) in [7, 11) is 0. The second kappa shape index (κ2) is 5.35. The fourth-order valence-electron chi connectivity index (χ4n) is 0.157. The minimum atomic E-state index is 0.250. The van der Waals surface area contributed by atoms with E-state index in [0.29, 0.717) is 12.0 Å². The van der Waals surface area contributed by atoms with Crippen LogP contribution in [-0.4, -0.2) is 30.3 Å². The van der Waals surface area contributed by atoms with Gasteiger partial charge in [-0.3, -0.25) is 0 Å². The van der Waals surface area contributed by atoms with E-state index in [4.69, 9.17) is 21.4 Å². The third-order valence-electron chi connectivity index (χ3n) is 0.574. The van der Waals surface area contributed by atoms with E-state index in [0.717, 1.165) is 6.61 Å². The van der Waals surface area contributed by atoms with Gasteiger partial charge < -0.3 is 9.84 Å². The first-order valence-corrected chi connectivity index (χ1v) is 3.17. The maximum absolute atomic E-state index is 7.57. The molecule has 0 radical (unpaired) electrons. The molecule has 0 bridgehead atoms. The molecular weight excluding hydrogens is 128 g/mol. The Morgan fingerprint density at radius 1 is 1.88 bits per heavy atom. The van der Waals surface area contributed by atoms with E-state index in [1.165, 1.54) is 0 Å². The number of aliphatic hydroxyl groups is 1. The van der Waals surface area contributed by atoms with E-state index in [-0.39, 0.29) is 6.61 Å². The summed E-state index contributed by atoms with van der Waals surface area (Å²) >= 11 is 5.27. The molecule has 50 valence electrons. The second-order valence-electron chi connectivity index (χ2n) is 1.43. The summed E-state index contributed by atoms with van der Waals surface area (Å²) in [5, 5.41) is 7.57. The highest BCUT2D eigenvalue weighted by molar-refractivity contribution is 6.18. The smallest absolute Gasteiger partial charge is 0.0944 e.